The van der Waals surface area contributed by atoms with Gasteiger partial charge < -0.3 is 22.8 Å². The van der Waals surface area contributed by atoms with Crippen molar-refractivity contribution in [2.75, 3.05) is 0 Å². The zero-order valence-electron chi connectivity index (χ0n) is 83.8. The van der Waals surface area contributed by atoms with Crippen molar-refractivity contribution in [2.24, 2.45) is 35.2 Å². The van der Waals surface area contributed by atoms with Crippen LogP contribution < -0.4 is 0 Å². The van der Waals surface area contributed by atoms with Gasteiger partial charge in [0, 0.05) is 237 Å². The van der Waals surface area contributed by atoms with Crippen molar-refractivity contribution >= 4 is 184 Å². The maximum atomic E-state index is 3.26. The fraction of sp³-hybridized carbons (Fsp3) is 0.0647. The van der Waals surface area contributed by atoms with Gasteiger partial charge in [-0.3, -0.25) is 0 Å². The van der Waals surface area contributed by atoms with Crippen molar-refractivity contribution in [1.29, 1.82) is 0 Å². The third-order valence-corrected chi connectivity index (χ3v) is 31.0. The monoisotopic (exact) mass is 2190 g/mol. The molecule has 0 atom stereocenters. The number of rotatable bonds is 6. The topological polar surface area (TPSA) is 24.6 Å². The van der Waals surface area contributed by atoms with Gasteiger partial charge >= 0.3 is 0 Å². The van der Waals surface area contributed by atoms with Crippen LogP contribution in [0.4, 0.5) is 0 Å². The number of aryl methyl sites for hydroxylation is 6. The molecule has 0 saturated carbocycles. The molecule has 0 fully saturated rings. The number of benzene rings is 24. The van der Waals surface area contributed by atoms with Gasteiger partial charge in [0.15, 0.2) is 0 Å². The molecule has 9 heteroatoms. The Morgan fingerprint density at radius 2 is 0.486 bits per heavy atom. The summed E-state index contributed by atoms with van der Waals surface area (Å²) in [6.45, 7) is 6.91. The number of aromatic nitrogens is 5. The summed E-state index contributed by atoms with van der Waals surface area (Å²) in [5.74, 6) is 0. The molecule has 0 saturated heterocycles. The van der Waals surface area contributed by atoms with E-state index in [1.165, 1.54) is 279 Å². The Morgan fingerprint density at radius 1 is 0.176 bits per heavy atom. The van der Waals surface area contributed by atoms with Crippen LogP contribution in [0.2, 0.25) is 0 Å². The van der Waals surface area contributed by atoms with E-state index >= 15 is 0 Å². The smallest absolute Gasteiger partial charge is 0.0568 e. The van der Waals surface area contributed by atoms with E-state index < -0.39 is 0 Å². The Labute approximate surface area is 962 Å². The fourth-order valence-corrected chi connectivity index (χ4v) is 24.0. The molecule has 30 rings (SSSR count). The first-order chi connectivity index (χ1) is 70.7. The third-order valence-electron chi connectivity index (χ3n) is 31.0. The summed E-state index contributed by atoms with van der Waals surface area (Å²) in [5.41, 5.74) is 34.9. The van der Waals surface area contributed by atoms with E-state index in [9.17, 15) is 0 Å². The number of para-hydroxylation sites is 1. The molecule has 24 aromatic carbocycles. The van der Waals surface area contributed by atoms with Crippen LogP contribution in [0.5, 0.6) is 0 Å². The molecule has 0 unspecified atom stereocenters. The largest absolute Gasteiger partial charge is 0.367 e. The second-order valence-electron chi connectivity index (χ2n) is 39.3. The van der Waals surface area contributed by atoms with Crippen LogP contribution in [0, 0.1) is 31.2 Å². The van der Waals surface area contributed by atoms with Crippen LogP contribution in [0.3, 0.4) is 0 Å². The van der Waals surface area contributed by atoms with Gasteiger partial charge in [-0.2, -0.15) is 72.8 Å². The molecule has 0 amide bonds. The first-order valence-corrected chi connectivity index (χ1v) is 49.8. The third kappa shape index (κ3) is 16.9. The van der Waals surface area contributed by atoms with Crippen LogP contribution >= 0.6 is 0 Å². The quantitative estimate of drug-likeness (QED) is 0.148. The number of hydrogen-bond acceptors (Lipinski definition) is 0. The van der Waals surface area contributed by atoms with E-state index in [0.29, 0.717) is 0 Å². The van der Waals surface area contributed by atoms with Gasteiger partial charge in [0.25, 0.3) is 0 Å². The van der Waals surface area contributed by atoms with E-state index in [-0.39, 0.29) is 136 Å². The second-order valence-corrected chi connectivity index (χ2v) is 39.3. The van der Waals surface area contributed by atoms with E-state index in [1.807, 2.05) is 24.3 Å². The van der Waals surface area contributed by atoms with Crippen LogP contribution in [0.15, 0.2) is 455 Å². The Bertz CT molecular complexity index is 10300. The molecule has 0 spiro atoms. The minimum atomic E-state index is 0. The molecule has 0 bridgehead atoms. The summed E-state index contributed by atoms with van der Waals surface area (Å²) in [4.78, 5) is 0. The molecule has 696 valence electrons. The molecule has 0 N–H and O–H groups in total. The molecule has 5 nitrogen and oxygen atoms in total. The van der Waals surface area contributed by atoms with Crippen molar-refractivity contribution in [3.05, 3.63) is 496 Å². The van der Waals surface area contributed by atoms with Crippen LogP contribution in [0.1, 0.15) is 30.5 Å². The fourth-order valence-electron chi connectivity index (χ4n) is 24.0. The Kier molecular flexibility index (Phi) is 27.4. The average Bonchev–Trinajstić information content (AvgIpc) is 1.57. The van der Waals surface area contributed by atoms with E-state index in [1.54, 1.807) is 0 Å². The predicted molar refractivity (Wildman–Crippen MR) is 615 cm³/mol. The molecule has 1 aliphatic rings. The summed E-state index contributed by atoms with van der Waals surface area (Å²) < 4.78 is 11.6. The second kappa shape index (κ2) is 40.9. The Morgan fingerprint density at radius 3 is 0.986 bits per heavy atom. The summed E-state index contributed by atoms with van der Waals surface area (Å²) >= 11 is 0. The molecule has 148 heavy (non-hydrogen) atoms. The Hall–Kier alpha value is -13.5. The van der Waals surface area contributed by atoms with Crippen molar-refractivity contribution in [2.45, 2.75) is 26.2 Å². The number of nitrogens with zero attached hydrogens (tertiary/aromatic N) is 5. The average molecular weight is 2190 g/mol. The van der Waals surface area contributed by atoms with Crippen LogP contribution in [0.25, 0.3) is 262 Å². The standard InChI is InChI=1S/C33H27N.C29H20N.2C27H18N.C23H16N.4Y/c1-20-9-13-25-26-15-11-22(19-30(26)33(2,3)29(25)17-20)21-10-14-24-23(18-21)12-16-28-27-7-5-6-8-31(27)34(4)32(24)28;1-30-28-14-8-7-12-24(28)27-19-26(23-11-5-6-13-25(23)29(27)30)22-17-15-21(16-18-22)20-9-3-2-4-10-20;1-28-26-16-7-6-13-22(26)25-17-24(21-12-4-5-14-23(21)27(25)28)20-15-8-10-18-9-2-3-11-19(18)20;1-28-26-13-7-6-11-22(26)25-17-24(21-10-4-5-12-23(21)27(25)28)20-15-14-18-8-2-3-9-19(18)16-20;1-24-22-14-8-7-12-18(22)21-15-20(16-9-3-2-4-10-16)17-11-5-6-13-19(17)23(21)24;;;;/h5-19H,1-4H3;2-6,8-19H,1H3;2*2-5,7-17H,1H3;2-6,8-15H,1H3;;;;/q;4*-1;;;;. The van der Waals surface area contributed by atoms with Crippen molar-refractivity contribution in [1.82, 2.24) is 22.8 Å². The van der Waals surface area contributed by atoms with Gasteiger partial charge in [0.05, 0.1) is 5.52 Å². The van der Waals surface area contributed by atoms with Gasteiger partial charge in [-0.05, 0) is 190 Å². The van der Waals surface area contributed by atoms with E-state index in [2.05, 4.69) is 534 Å². The molecule has 0 aliphatic heterocycles. The number of fused-ring (bicyclic) bond motifs is 30. The first kappa shape index (κ1) is 99.1. The molecule has 5 heterocycles. The summed E-state index contributed by atoms with van der Waals surface area (Å²) in [7, 11) is 10.8. The van der Waals surface area contributed by atoms with Crippen molar-refractivity contribution < 1.29 is 131 Å². The zero-order chi connectivity index (χ0) is 96.7. The normalized spacial score (nSPS) is 11.9. The summed E-state index contributed by atoms with van der Waals surface area (Å²) in [6.07, 6.45) is 0. The molecule has 29 aromatic rings. The number of hydrogen-bond donors (Lipinski definition) is 0. The van der Waals surface area contributed by atoms with Crippen molar-refractivity contribution in [3.8, 4) is 77.9 Å². The maximum Gasteiger partial charge on any atom is 0.0568 e. The SMILES string of the molecule is Cc1ccc2c(c1)C(C)(C)c1cc(-c3ccc4c(ccc5c6ccccc6n(C)c45)c3)ccc1-2.Cn1c2cc[c-]cc2c2cc(-c3ccc(-c4ccccc4)cc3)c3ccccc3c21.Cn1c2cc[c-]cc2c2cc(-c3ccc4ccccc4c3)c3ccccc3c21.Cn1c2cc[c-]cc2c2cc(-c3cccc4ccccc34)c3ccccc3c21.Cn1c2cc[c-]cc2c2cc(-c3ccccc3)c3ccccc3c21.[Y].[Y].[Y].[Y]. The maximum absolute atomic E-state index is 3.26. The van der Waals surface area contributed by atoms with Gasteiger partial charge in [-0.15, -0.1) is 45.8 Å². The van der Waals surface area contributed by atoms with Crippen LogP contribution in [-0.2, 0) is 171 Å². The predicted octanol–water partition coefficient (Wildman–Crippen LogP) is 36.5. The molecule has 1 aliphatic carbocycles. The van der Waals surface area contributed by atoms with E-state index in [0.717, 1.165) is 0 Å². The molecule has 5 aromatic heterocycles. The summed E-state index contributed by atoms with van der Waals surface area (Å²) in [5, 5.41) is 30.9. The summed E-state index contributed by atoms with van der Waals surface area (Å²) in [6, 6.07) is 177. The first-order valence-electron chi connectivity index (χ1n) is 49.8. The van der Waals surface area contributed by atoms with Gasteiger partial charge in [0.1, 0.15) is 0 Å². The van der Waals surface area contributed by atoms with Crippen LogP contribution in [-0.4, -0.2) is 22.8 Å². The minimum Gasteiger partial charge on any atom is -0.367 e. The molecular formula is C139H99N5Y4-4. The van der Waals surface area contributed by atoms with Gasteiger partial charge in [0.2, 0.25) is 0 Å². The zero-order valence-corrected chi connectivity index (χ0v) is 95.2. The Balaban J connectivity index is 0.000000105. The molecular weight excluding hydrogens is 2100 g/mol. The van der Waals surface area contributed by atoms with Crippen molar-refractivity contribution in [3.63, 3.8) is 0 Å². The minimum absolute atomic E-state index is 0. The van der Waals surface area contributed by atoms with E-state index in [4.69, 9.17) is 0 Å². The molecule has 4 radical (unpaired) electrons. The van der Waals surface area contributed by atoms with Gasteiger partial charge in [-0.25, -0.2) is 0 Å². The van der Waals surface area contributed by atoms with Gasteiger partial charge in [-0.1, -0.05) is 399 Å².